The highest BCUT2D eigenvalue weighted by atomic mass is 16.6. The zero-order chi connectivity index (χ0) is 15.1. The van der Waals surface area contributed by atoms with Gasteiger partial charge in [0, 0.05) is 12.0 Å². The third-order valence-corrected chi connectivity index (χ3v) is 2.97. The summed E-state index contributed by atoms with van der Waals surface area (Å²) >= 11 is 0. The Morgan fingerprint density at radius 1 is 1.35 bits per heavy atom. The molecule has 0 radical (unpaired) electrons. The first-order chi connectivity index (χ1) is 9.20. The number of phenols is 1. The molecule has 1 heterocycles. The monoisotopic (exact) mass is 279 g/mol. The Hall–Kier alpha value is -2.24. The van der Waals surface area contributed by atoms with Crippen LogP contribution in [0.15, 0.2) is 18.2 Å². The van der Waals surface area contributed by atoms with Crippen LogP contribution in [-0.4, -0.2) is 33.9 Å². The number of carboxylic acids is 1. The predicted octanol–water partition coefficient (Wildman–Crippen LogP) is 2.14. The first kappa shape index (κ1) is 14.2. The van der Waals surface area contributed by atoms with Gasteiger partial charge in [0.2, 0.25) is 0 Å². The lowest BCUT2D eigenvalue weighted by molar-refractivity contribution is -0.138. The number of ether oxygens (including phenoxy) is 1. The molecule has 0 saturated heterocycles. The minimum atomic E-state index is -1.13. The highest BCUT2D eigenvalue weighted by molar-refractivity contribution is 5.99. The largest absolute Gasteiger partial charge is 0.508 e. The van der Waals surface area contributed by atoms with Crippen molar-refractivity contribution < 1.29 is 24.5 Å². The van der Waals surface area contributed by atoms with Gasteiger partial charge in [-0.2, -0.15) is 0 Å². The number of amides is 1. The molecule has 2 N–H and O–H groups in total. The van der Waals surface area contributed by atoms with Crippen LogP contribution in [0.3, 0.4) is 0 Å². The second kappa shape index (κ2) is 4.70. The number of benzene rings is 1. The lowest BCUT2D eigenvalue weighted by Crippen LogP contribution is -2.45. The van der Waals surface area contributed by atoms with Crippen LogP contribution in [-0.2, 0) is 16.0 Å². The fourth-order valence-electron chi connectivity index (χ4n) is 2.18. The molecule has 1 aliphatic rings. The standard InChI is InChI=1S/C14H17NO5/c1-14(2,3)20-13(19)15-9-5-4-6-11(16)8(9)7-10(15)12(17)18/h4-6,10,16H,7H2,1-3H3,(H,17,18)/t10-/m1/s1. The van der Waals surface area contributed by atoms with Gasteiger partial charge in [0.15, 0.2) is 0 Å². The lowest BCUT2D eigenvalue weighted by Gasteiger charge is -2.27. The summed E-state index contributed by atoms with van der Waals surface area (Å²) in [6.07, 6.45) is -0.661. The maximum absolute atomic E-state index is 12.2. The van der Waals surface area contributed by atoms with Gasteiger partial charge in [-0.15, -0.1) is 0 Å². The average molecular weight is 279 g/mol. The highest BCUT2D eigenvalue weighted by Gasteiger charge is 2.41. The fraction of sp³-hybridized carbons (Fsp3) is 0.429. The number of anilines is 1. The molecule has 108 valence electrons. The molecule has 0 aromatic heterocycles. The second-order valence-corrected chi connectivity index (χ2v) is 5.68. The molecule has 1 atom stereocenters. The van der Waals surface area contributed by atoms with Gasteiger partial charge in [0.1, 0.15) is 17.4 Å². The average Bonchev–Trinajstić information content (AvgIpc) is 2.67. The van der Waals surface area contributed by atoms with Crippen LogP contribution in [0.25, 0.3) is 0 Å². The summed E-state index contributed by atoms with van der Waals surface area (Å²) in [4.78, 5) is 24.6. The van der Waals surface area contributed by atoms with E-state index >= 15 is 0 Å². The normalized spacial score (nSPS) is 17.8. The maximum atomic E-state index is 12.2. The van der Waals surface area contributed by atoms with Crippen molar-refractivity contribution in [3.05, 3.63) is 23.8 Å². The Balaban J connectivity index is 2.41. The number of aliphatic carboxylic acids is 1. The van der Waals surface area contributed by atoms with Crippen molar-refractivity contribution >= 4 is 17.7 Å². The molecule has 20 heavy (non-hydrogen) atoms. The summed E-state index contributed by atoms with van der Waals surface area (Å²) in [5.41, 5.74) is 0.108. The number of aromatic hydroxyl groups is 1. The molecule has 2 rings (SSSR count). The van der Waals surface area contributed by atoms with E-state index in [0.717, 1.165) is 4.90 Å². The van der Waals surface area contributed by atoms with Crippen molar-refractivity contribution in [2.24, 2.45) is 0 Å². The highest BCUT2D eigenvalue weighted by Crippen LogP contribution is 2.38. The van der Waals surface area contributed by atoms with E-state index in [2.05, 4.69) is 0 Å². The van der Waals surface area contributed by atoms with Crippen LogP contribution in [0.4, 0.5) is 10.5 Å². The Kier molecular flexibility index (Phi) is 3.33. The number of hydrogen-bond donors (Lipinski definition) is 2. The minimum absolute atomic E-state index is 0.0141. The van der Waals surface area contributed by atoms with E-state index in [-0.39, 0.29) is 12.2 Å². The van der Waals surface area contributed by atoms with E-state index < -0.39 is 23.7 Å². The van der Waals surface area contributed by atoms with E-state index in [4.69, 9.17) is 4.74 Å². The van der Waals surface area contributed by atoms with Gasteiger partial charge in [-0.05, 0) is 32.9 Å². The van der Waals surface area contributed by atoms with Crippen molar-refractivity contribution in [3.63, 3.8) is 0 Å². The molecule has 0 unspecified atom stereocenters. The van der Waals surface area contributed by atoms with Crippen molar-refractivity contribution in [3.8, 4) is 5.75 Å². The van der Waals surface area contributed by atoms with Crippen LogP contribution in [0.1, 0.15) is 26.3 Å². The molecule has 6 nitrogen and oxygen atoms in total. The third-order valence-electron chi connectivity index (χ3n) is 2.97. The number of carbonyl (C=O) groups excluding carboxylic acids is 1. The van der Waals surface area contributed by atoms with Gasteiger partial charge in [0.05, 0.1) is 5.69 Å². The molecule has 1 aromatic carbocycles. The van der Waals surface area contributed by atoms with Gasteiger partial charge in [0.25, 0.3) is 0 Å². The Morgan fingerprint density at radius 2 is 2.00 bits per heavy atom. The van der Waals surface area contributed by atoms with E-state index in [1.165, 1.54) is 6.07 Å². The van der Waals surface area contributed by atoms with Crippen LogP contribution in [0.5, 0.6) is 5.75 Å². The molecule has 0 bridgehead atoms. The van der Waals surface area contributed by atoms with Crippen molar-refractivity contribution in [1.82, 2.24) is 0 Å². The third kappa shape index (κ3) is 2.54. The second-order valence-electron chi connectivity index (χ2n) is 5.68. The van der Waals surface area contributed by atoms with Crippen molar-refractivity contribution in [2.75, 3.05) is 4.90 Å². The number of carboxylic acid groups (broad SMARTS) is 1. The van der Waals surface area contributed by atoms with Crippen LogP contribution in [0.2, 0.25) is 0 Å². The molecule has 1 aliphatic heterocycles. The number of rotatable bonds is 1. The van der Waals surface area contributed by atoms with Crippen LogP contribution < -0.4 is 4.90 Å². The van der Waals surface area contributed by atoms with Gasteiger partial charge >= 0.3 is 12.1 Å². The first-order valence-corrected chi connectivity index (χ1v) is 6.26. The number of hydrogen-bond acceptors (Lipinski definition) is 4. The van der Waals surface area contributed by atoms with E-state index in [1.807, 2.05) is 0 Å². The SMILES string of the molecule is CC(C)(C)OC(=O)N1c2cccc(O)c2C[C@@H]1C(=O)O. The van der Waals surface area contributed by atoms with Crippen LogP contribution in [0, 0.1) is 0 Å². The summed E-state index contributed by atoms with van der Waals surface area (Å²) in [6.45, 7) is 5.13. The molecule has 0 fully saturated rings. The first-order valence-electron chi connectivity index (χ1n) is 6.26. The fourth-order valence-corrected chi connectivity index (χ4v) is 2.18. The molecular weight excluding hydrogens is 262 g/mol. The summed E-state index contributed by atoms with van der Waals surface area (Å²) in [7, 11) is 0. The Labute approximate surface area is 116 Å². The summed E-state index contributed by atoms with van der Waals surface area (Å²) in [5.74, 6) is -1.15. The predicted molar refractivity (Wildman–Crippen MR) is 71.9 cm³/mol. The van der Waals surface area contributed by atoms with E-state index in [0.29, 0.717) is 11.3 Å². The lowest BCUT2D eigenvalue weighted by atomic mass is 10.1. The molecular formula is C14H17NO5. The molecule has 0 spiro atoms. The Bertz CT molecular complexity index is 561. The molecule has 0 aliphatic carbocycles. The van der Waals surface area contributed by atoms with Gasteiger partial charge < -0.3 is 14.9 Å². The quantitative estimate of drug-likeness (QED) is 0.822. The smallest absolute Gasteiger partial charge is 0.415 e. The van der Waals surface area contributed by atoms with E-state index in [1.54, 1.807) is 32.9 Å². The van der Waals surface area contributed by atoms with Gasteiger partial charge in [-0.1, -0.05) is 6.07 Å². The number of nitrogens with zero attached hydrogens (tertiary/aromatic N) is 1. The number of phenolic OH excluding ortho intramolecular Hbond substituents is 1. The van der Waals surface area contributed by atoms with Crippen molar-refractivity contribution in [2.45, 2.75) is 38.8 Å². The van der Waals surface area contributed by atoms with Crippen molar-refractivity contribution in [1.29, 1.82) is 0 Å². The number of fused-ring (bicyclic) bond motifs is 1. The van der Waals surface area contributed by atoms with Gasteiger partial charge in [-0.3, -0.25) is 4.90 Å². The number of carbonyl (C=O) groups is 2. The summed E-state index contributed by atoms with van der Waals surface area (Å²) in [6, 6.07) is 3.57. The Morgan fingerprint density at radius 3 is 2.55 bits per heavy atom. The molecule has 1 aromatic rings. The van der Waals surface area contributed by atoms with E-state index in [9.17, 15) is 19.8 Å². The summed E-state index contributed by atoms with van der Waals surface area (Å²) in [5, 5.41) is 19.1. The zero-order valence-electron chi connectivity index (χ0n) is 11.6. The minimum Gasteiger partial charge on any atom is -0.508 e. The molecule has 6 heteroatoms. The molecule has 1 amide bonds. The van der Waals surface area contributed by atoms with Gasteiger partial charge in [-0.25, -0.2) is 9.59 Å². The topological polar surface area (TPSA) is 87.1 Å². The zero-order valence-corrected chi connectivity index (χ0v) is 11.6. The molecule has 0 saturated carbocycles. The van der Waals surface area contributed by atoms with Crippen LogP contribution >= 0.6 is 0 Å². The maximum Gasteiger partial charge on any atom is 0.415 e. The summed E-state index contributed by atoms with van der Waals surface area (Å²) < 4.78 is 5.24.